The SMILES string of the molecule is CC=CCOC(=O)Cn1nnnc1SC(=O)N(CC)c1cccc2c(O)c(C(=O)NCCCOc3ccc(C)cc3C)cc(OCCSCC(=O)O)c12. The number of phenolic OH excluding ortho intramolecular Hbond substituents is 1. The van der Waals surface area contributed by atoms with E-state index in [4.69, 9.17) is 19.3 Å². The van der Waals surface area contributed by atoms with Crippen molar-refractivity contribution in [2.45, 2.75) is 45.8 Å². The zero-order chi connectivity index (χ0) is 38.3. The monoisotopic (exact) mass is 766 g/mol. The van der Waals surface area contributed by atoms with Crippen molar-refractivity contribution in [3.63, 3.8) is 0 Å². The highest BCUT2D eigenvalue weighted by Crippen LogP contribution is 2.42. The number of fused-ring (bicyclic) bond motifs is 1. The quantitative estimate of drug-likeness (QED) is 0.0475. The van der Waals surface area contributed by atoms with Gasteiger partial charge in [0.25, 0.3) is 11.1 Å². The van der Waals surface area contributed by atoms with Crippen LogP contribution < -0.4 is 19.7 Å². The molecule has 15 nitrogen and oxygen atoms in total. The van der Waals surface area contributed by atoms with Crippen LogP contribution in [0.25, 0.3) is 10.8 Å². The topological polar surface area (TPSA) is 195 Å². The fraction of sp³-hybridized carbons (Fsp3) is 0.361. The number of carbonyl (C=O) groups is 4. The maximum atomic E-state index is 13.8. The first-order chi connectivity index (χ1) is 25.5. The van der Waals surface area contributed by atoms with E-state index in [0.29, 0.717) is 41.6 Å². The lowest BCUT2D eigenvalue weighted by molar-refractivity contribution is -0.143. The molecule has 0 aliphatic heterocycles. The number of hydrogen-bond acceptors (Lipinski definition) is 13. The summed E-state index contributed by atoms with van der Waals surface area (Å²) >= 11 is 1.85. The van der Waals surface area contributed by atoms with Crippen molar-refractivity contribution < 1.29 is 43.6 Å². The number of tetrazole rings is 1. The molecule has 0 aliphatic carbocycles. The van der Waals surface area contributed by atoms with Gasteiger partial charge in [-0.2, -0.15) is 0 Å². The summed E-state index contributed by atoms with van der Waals surface area (Å²) in [6.07, 6.45) is 3.92. The van der Waals surface area contributed by atoms with Gasteiger partial charge < -0.3 is 34.6 Å². The number of rotatable bonds is 19. The first-order valence-electron chi connectivity index (χ1n) is 16.8. The molecule has 0 fully saturated rings. The van der Waals surface area contributed by atoms with Gasteiger partial charge in [-0.3, -0.25) is 19.2 Å². The molecule has 3 N–H and O–H groups in total. The second kappa shape index (κ2) is 20.1. The average Bonchev–Trinajstić information content (AvgIpc) is 3.55. The van der Waals surface area contributed by atoms with Crippen molar-refractivity contribution in [2.24, 2.45) is 0 Å². The molecule has 0 spiro atoms. The molecule has 17 heteroatoms. The van der Waals surface area contributed by atoms with Crippen LogP contribution in [-0.4, -0.2) is 97.9 Å². The predicted octanol–water partition coefficient (Wildman–Crippen LogP) is 5.40. The number of benzene rings is 3. The summed E-state index contributed by atoms with van der Waals surface area (Å²) in [5.74, 6) is -1.22. The molecule has 3 aromatic carbocycles. The van der Waals surface area contributed by atoms with Crippen molar-refractivity contribution in [3.05, 3.63) is 71.3 Å². The molecule has 0 aliphatic rings. The molecular weight excluding hydrogens is 725 g/mol. The first kappa shape index (κ1) is 40.5. The molecule has 0 atom stereocenters. The minimum absolute atomic E-state index is 0.0395. The molecule has 0 unspecified atom stereocenters. The second-order valence-electron chi connectivity index (χ2n) is 11.5. The summed E-state index contributed by atoms with van der Waals surface area (Å²) in [6.45, 7) is 8.21. The van der Waals surface area contributed by atoms with E-state index < -0.39 is 23.1 Å². The minimum Gasteiger partial charge on any atom is -0.506 e. The maximum absolute atomic E-state index is 13.8. The van der Waals surface area contributed by atoms with Crippen molar-refractivity contribution in [1.29, 1.82) is 0 Å². The Bertz CT molecular complexity index is 1950. The van der Waals surface area contributed by atoms with Crippen LogP contribution >= 0.6 is 23.5 Å². The van der Waals surface area contributed by atoms with E-state index in [0.717, 1.165) is 33.3 Å². The van der Waals surface area contributed by atoms with Crippen LogP contribution in [0, 0.1) is 13.8 Å². The number of esters is 1. The highest BCUT2D eigenvalue weighted by Gasteiger charge is 2.26. The largest absolute Gasteiger partial charge is 0.506 e. The van der Waals surface area contributed by atoms with Crippen molar-refractivity contribution in [3.8, 4) is 17.2 Å². The number of aromatic nitrogens is 4. The molecular formula is C36H42N6O9S2. The number of thioether (sulfide) groups is 2. The van der Waals surface area contributed by atoms with Gasteiger partial charge in [0.2, 0.25) is 5.16 Å². The number of anilines is 1. The third-order valence-corrected chi connectivity index (χ3v) is 9.36. The van der Waals surface area contributed by atoms with E-state index in [1.54, 1.807) is 44.2 Å². The Hall–Kier alpha value is -5.29. The number of carboxylic acids is 1. The first-order valence-corrected chi connectivity index (χ1v) is 18.7. The van der Waals surface area contributed by atoms with Crippen molar-refractivity contribution >= 4 is 63.1 Å². The fourth-order valence-corrected chi connectivity index (χ4v) is 6.41. The van der Waals surface area contributed by atoms with Crippen molar-refractivity contribution in [1.82, 2.24) is 25.5 Å². The molecule has 282 valence electrons. The van der Waals surface area contributed by atoms with Crippen LogP contribution in [0.4, 0.5) is 10.5 Å². The Morgan fingerprint density at radius 2 is 1.85 bits per heavy atom. The molecule has 0 radical (unpaired) electrons. The Morgan fingerprint density at radius 1 is 1.06 bits per heavy atom. The van der Waals surface area contributed by atoms with E-state index in [1.165, 1.54) is 11.0 Å². The van der Waals surface area contributed by atoms with Crippen molar-refractivity contribution in [2.75, 3.05) is 49.3 Å². The van der Waals surface area contributed by atoms with Crippen LogP contribution in [0.3, 0.4) is 0 Å². The summed E-state index contributed by atoms with van der Waals surface area (Å²) in [5.41, 5.74) is 2.48. The van der Waals surface area contributed by atoms with Gasteiger partial charge in [-0.1, -0.05) is 42.0 Å². The highest BCUT2D eigenvalue weighted by atomic mass is 32.2. The molecule has 53 heavy (non-hydrogen) atoms. The van der Waals surface area contributed by atoms with E-state index in [9.17, 15) is 24.3 Å². The van der Waals surface area contributed by atoms with Crippen LogP contribution in [0.2, 0.25) is 0 Å². The standard InChI is InChI=1S/C36H42N6O9S2/c1-5-7-15-51-31(45)21-42-35(38-39-40-42)53-36(48)41(6-2)27-11-8-10-25-32(27)29(50-17-18-52-22-30(43)44)20-26(33(25)46)34(47)37-14-9-16-49-28-13-12-23(3)19-24(28)4/h5,7-8,10-13,19-20,46H,6,9,14-18,21-22H2,1-4H3,(H,37,47)(H,43,44). The fourth-order valence-electron chi connectivity index (χ4n) is 5.11. The molecule has 4 aromatic rings. The van der Waals surface area contributed by atoms with Gasteiger partial charge in [0, 0.05) is 36.0 Å². The molecule has 0 saturated carbocycles. The molecule has 0 saturated heterocycles. The third-order valence-electron chi connectivity index (χ3n) is 7.58. The third kappa shape index (κ3) is 11.3. The van der Waals surface area contributed by atoms with Gasteiger partial charge in [0.1, 0.15) is 30.4 Å². The second-order valence-corrected chi connectivity index (χ2v) is 13.5. The van der Waals surface area contributed by atoms with Gasteiger partial charge in [0.15, 0.2) is 0 Å². The van der Waals surface area contributed by atoms with Gasteiger partial charge in [-0.25, -0.2) is 4.68 Å². The number of phenols is 1. The number of allylic oxidation sites excluding steroid dienone is 1. The van der Waals surface area contributed by atoms with Crippen LogP contribution in [0.15, 0.2) is 59.8 Å². The molecule has 1 heterocycles. The van der Waals surface area contributed by atoms with Crippen LogP contribution in [-0.2, 0) is 20.9 Å². The Morgan fingerprint density at radius 3 is 2.58 bits per heavy atom. The number of nitrogens with one attached hydrogen (secondary N) is 1. The number of aliphatic carboxylic acids is 1. The molecule has 2 amide bonds. The molecule has 4 rings (SSSR count). The number of amides is 2. The summed E-state index contributed by atoms with van der Waals surface area (Å²) in [5, 5.41) is 34.8. The lowest BCUT2D eigenvalue weighted by atomic mass is 10.0. The Kier molecular flexibility index (Phi) is 15.3. The normalized spacial score (nSPS) is 11.1. The number of aryl methyl sites for hydroxylation is 2. The van der Waals surface area contributed by atoms with E-state index in [1.807, 2.05) is 32.0 Å². The number of carboxylic acid groups (broad SMARTS) is 1. The van der Waals surface area contributed by atoms with E-state index in [2.05, 4.69) is 20.8 Å². The van der Waals surface area contributed by atoms with Gasteiger partial charge >= 0.3 is 11.9 Å². The predicted molar refractivity (Wildman–Crippen MR) is 202 cm³/mol. The zero-order valence-corrected chi connectivity index (χ0v) is 31.5. The summed E-state index contributed by atoms with van der Waals surface area (Å²) in [4.78, 5) is 51.9. The lowest BCUT2D eigenvalue weighted by Gasteiger charge is -2.24. The minimum atomic E-state index is -0.961. The Labute approximate surface area is 315 Å². The number of aromatic hydroxyl groups is 1. The van der Waals surface area contributed by atoms with Gasteiger partial charge in [0.05, 0.1) is 35.6 Å². The van der Waals surface area contributed by atoms with Gasteiger partial charge in [-0.05, 0) is 68.3 Å². The van der Waals surface area contributed by atoms with Crippen LogP contribution in [0.5, 0.6) is 17.2 Å². The summed E-state index contributed by atoms with van der Waals surface area (Å²) in [6, 6.07) is 12.2. The van der Waals surface area contributed by atoms with Gasteiger partial charge in [-0.15, -0.1) is 16.9 Å². The molecule has 1 aromatic heterocycles. The summed E-state index contributed by atoms with van der Waals surface area (Å²) < 4.78 is 18.3. The van der Waals surface area contributed by atoms with E-state index in [-0.39, 0.29) is 66.2 Å². The Balaban J connectivity index is 1.57. The van der Waals surface area contributed by atoms with Crippen LogP contribution in [0.1, 0.15) is 41.8 Å². The summed E-state index contributed by atoms with van der Waals surface area (Å²) in [7, 11) is 0. The number of nitrogens with zero attached hydrogens (tertiary/aromatic N) is 5. The maximum Gasteiger partial charge on any atom is 0.328 e. The average molecular weight is 767 g/mol. The highest BCUT2D eigenvalue weighted by molar-refractivity contribution is 8.13. The van der Waals surface area contributed by atoms with E-state index >= 15 is 0 Å². The number of ether oxygens (including phenoxy) is 3. The zero-order valence-electron chi connectivity index (χ0n) is 29.9. The lowest BCUT2D eigenvalue weighted by Crippen LogP contribution is -2.28. The number of carbonyl (C=O) groups excluding carboxylic acids is 3. The smallest absolute Gasteiger partial charge is 0.328 e. The molecule has 0 bridgehead atoms. The number of hydrogen-bond donors (Lipinski definition) is 3.